The molecule has 1 aliphatic heterocycles. The molecular weight excluding hydrogens is 400 g/mol. The molecule has 2 N–H and O–H groups in total. The number of nitrogens with zero attached hydrogens (tertiary/aromatic N) is 1. The number of halogens is 2. The number of sulfonamides is 1. The van der Waals surface area contributed by atoms with Crippen molar-refractivity contribution >= 4 is 21.4 Å². The monoisotopic (exact) mass is 425 g/mol. The van der Waals surface area contributed by atoms with Crippen LogP contribution in [0.25, 0.3) is 0 Å². The highest BCUT2D eigenvalue weighted by Gasteiger charge is 2.21. The maximum absolute atomic E-state index is 13.0. The fourth-order valence-electron chi connectivity index (χ4n) is 3.32. The van der Waals surface area contributed by atoms with Crippen LogP contribution in [0, 0.1) is 6.92 Å². The van der Waals surface area contributed by atoms with E-state index in [4.69, 9.17) is 0 Å². The van der Waals surface area contributed by atoms with E-state index in [0.717, 1.165) is 43.9 Å². The Morgan fingerprint density at radius 2 is 1.90 bits per heavy atom. The number of ether oxygens (including phenoxy) is 1. The molecular formula is C20H25F2N3O3S. The molecule has 29 heavy (non-hydrogen) atoms. The van der Waals surface area contributed by atoms with Gasteiger partial charge in [0.15, 0.2) is 0 Å². The van der Waals surface area contributed by atoms with E-state index in [0.29, 0.717) is 5.56 Å². The van der Waals surface area contributed by atoms with Crippen molar-refractivity contribution in [3.8, 4) is 5.75 Å². The second kappa shape index (κ2) is 8.96. The maximum atomic E-state index is 13.0. The number of hydrogen-bond donors (Lipinski definition) is 2. The van der Waals surface area contributed by atoms with Gasteiger partial charge in [0.25, 0.3) is 10.0 Å². The van der Waals surface area contributed by atoms with E-state index in [9.17, 15) is 17.2 Å². The molecule has 0 spiro atoms. The van der Waals surface area contributed by atoms with Gasteiger partial charge < -0.3 is 15.0 Å². The lowest BCUT2D eigenvalue weighted by molar-refractivity contribution is -0.0493. The van der Waals surface area contributed by atoms with Gasteiger partial charge in [0.1, 0.15) is 5.75 Å². The molecule has 158 valence electrons. The van der Waals surface area contributed by atoms with Crippen LogP contribution in [0.1, 0.15) is 18.1 Å². The van der Waals surface area contributed by atoms with Gasteiger partial charge in [0, 0.05) is 31.9 Å². The van der Waals surface area contributed by atoms with E-state index in [1.54, 1.807) is 25.1 Å². The van der Waals surface area contributed by atoms with Crippen molar-refractivity contribution in [2.75, 3.05) is 35.8 Å². The molecule has 0 aromatic heterocycles. The Morgan fingerprint density at radius 1 is 1.17 bits per heavy atom. The number of piperazine rings is 1. The Balaban J connectivity index is 1.94. The second-order valence-electron chi connectivity index (χ2n) is 6.86. The number of alkyl halides is 2. The van der Waals surface area contributed by atoms with Gasteiger partial charge >= 0.3 is 6.61 Å². The Bertz CT molecular complexity index is 961. The summed E-state index contributed by atoms with van der Waals surface area (Å²) in [6.45, 7) is 3.91. The predicted octanol–water partition coefficient (Wildman–Crippen LogP) is 3.37. The Hall–Kier alpha value is -2.39. The standard InChI is InChI=1S/C20H25F2N3O3S/c1-3-15-5-6-16(13-18(15)25-10-8-23-9-11-25)29(26,27)24-17-7-4-14(2)12-19(17)28-20(21)22/h4-7,12-13,20,23-24H,3,8-11H2,1-2H3. The molecule has 9 heteroatoms. The predicted molar refractivity (Wildman–Crippen MR) is 110 cm³/mol. The van der Waals surface area contributed by atoms with E-state index in [1.807, 2.05) is 6.92 Å². The fourth-order valence-corrected chi connectivity index (χ4v) is 4.41. The van der Waals surface area contributed by atoms with Crippen molar-refractivity contribution in [3.63, 3.8) is 0 Å². The molecule has 2 aromatic carbocycles. The molecule has 0 saturated carbocycles. The lowest BCUT2D eigenvalue weighted by Crippen LogP contribution is -2.44. The first-order valence-corrected chi connectivity index (χ1v) is 11.0. The van der Waals surface area contributed by atoms with Gasteiger partial charge in [0.05, 0.1) is 10.6 Å². The highest BCUT2D eigenvalue weighted by molar-refractivity contribution is 7.92. The summed E-state index contributed by atoms with van der Waals surface area (Å²) >= 11 is 0. The van der Waals surface area contributed by atoms with E-state index < -0.39 is 16.6 Å². The Morgan fingerprint density at radius 3 is 2.55 bits per heavy atom. The number of nitrogens with one attached hydrogen (secondary N) is 2. The summed E-state index contributed by atoms with van der Waals surface area (Å²) in [4.78, 5) is 2.23. The summed E-state index contributed by atoms with van der Waals surface area (Å²) in [7, 11) is -3.99. The molecule has 0 atom stereocenters. The maximum Gasteiger partial charge on any atom is 0.387 e. The average molecular weight is 426 g/mol. The highest BCUT2D eigenvalue weighted by Crippen LogP contribution is 2.31. The lowest BCUT2D eigenvalue weighted by Gasteiger charge is -2.31. The molecule has 3 rings (SSSR count). The summed E-state index contributed by atoms with van der Waals surface area (Å²) in [5, 5.41) is 3.28. The minimum absolute atomic E-state index is 0.0285. The Kier molecular flexibility index (Phi) is 6.59. The topological polar surface area (TPSA) is 70.7 Å². The van der Waals surface area contributed by atoms with Crippen LogP contribution in [-0.4, -0.2) is 41.2 Å². The van der Waals surface area contributed by atoms with Crippen LogP contribution >= 0.6 is 0 Å². The second-order valence-corrected chi connectivity index (χ2v) is 8.55. The van der Waals surface area contributed by atoms with Gasteiger partial charge in [0.2, 0.25) is 0 Å². The number of rotatable bonds is 7. The minimum atomic E-state index is -3.99. The first-order chi connectivity index (χ1) is 13.8. The Labute approximate surface area is 169 Å². The zero-order chi connectivity index (χ0) is 21.0. The summed E-state index contributed by atoms with van der Waals surface area (Å²) in [6.07, 6.45) is 0.775. The molecule has 1 aliphatic rings. The van der Waals surface area contributed by atoms with Gasteiger partial charge in [-0.15, -0.1) is 0 Å². The van der Waals surface area contributed by atoms with E-state index in [-0.39, 0.29) is 16.3 Å². The minimum Gasteiger partial charge on any atom is -0.433 e. The van der Waals surface area contributed by atoms with Gasteiger partial charge in [-0.05, 0) is 48.7 Å². The van der Waals surface area contributed by atoms with Crippen molar-refractivity contribution in [2.24, 2.45) is 0 Å². The summed E-state index contributed by atoms with van der Waals surface area (Å²) in [5.74, 6) is -0.212. The third-order valence-electron chi connectivity index (χ3n) is 4.80. The lowest BCUT2D eigenvalue weighted by atomic mass is 10.1. The van der Waals surface area contributed by atoms with E-state index in [2.05, 4.69) is 19.7 Å². The van der Waals surface area contributed by atoms with Gasteiger partial charge in [-0.3, -0.25) is 4.72 Å². The number of anilines is 2. The zero-order valence-corrected chi connectivity index (χ0v) is 17.2. The molecule has 6 nitrogen and oxygen atoms in total. The molecule has 1 heterocycles. The third kappa shape index (κ3) is 5.16. The quantitative estimate of drug-likeness (QED) is 0.712. The first-order valence-electron chi connectivity index (χ1n) is 9.47. The molecule has 0 amide bonds. The largest absolute Gasteiger partial charge is 0.433 e. The van der Waals surface area contributed by atoms with Gasteiger partial charge in [-0.1, -0.05) is 19.1 Å². The molecule has 1 fully saturated rings. The molecule has 2 aromatic rings. The van der Waals surface area contributed by atoms with E-state index >= 15 is 0 Å². The molecule has 1 saturated heterocycles. The van der Waals surface area contributed by atoms with Crippen LogP contribution in [0.2, 0.25) is 0 Å². The van der Waals surface area contributed by atoms with Crippen molar-refractivity contribution in [1.29, 1.82) is 0 Å². The van der Waals surface area contributed by atoms with E-state index in [1.165, 1.54) is 18.2 Å². The van der Waals surface area contributed by atoms with Crippen molar-refractivity contribution in [3.05, 3.63) is 47.5 Å². The average Bonchev–Trinajstić information content (AvgIpc) is 2.69. The molecule has 0 unspecified atom stereocenters. The summed E-state index contributed by atoms with van der Waals surface area (Å²) < 4.78 is 58.3. The normalized spacial score (nSPS) is 14.9. The highest BCUT2D eigenvalue weighted by atomic mass is 32.2. The van der Waals surface area contributed by atoms with Crippen LogP contribution in [0.15, 0.2) is 41.3 Å². The van der Waals surface area contributed by atoms with Crippen LogP contribution in [0.5, 0.6) is 5.75 Å². The molecule has 0 aliphatic carbocycles. The van der Waals surface area contributed by atoms with Crippen LogP contribution < -0.4 is 19.7 Å². The van der Waals surface area contributed by atoms with Crippen LogP contribution in [-0.2, 0) is 16.4 Å². The summed E-state index contributed by atoms with van der Waals surface area (Å²) in [5.41, 5.74) is 2.59. The third-order valence-corrected chi connectivity index (χ3v) is 6.17. The molecule has 0 bridgehead atoms. The number of benzene rings is 2. The fraction of sp³-hybridized carbons (Fsp3) is 0.400. The summed E-state index contributed by atoms with van der Waals surface area (Å²) in [6, 6.07) is 9.40. The van der Waals surface area contributed by atoms with Crippen molar-refractivity contribution in [1.82, 2.24) is 5.32 Å². The van der Waals surface area contributed by atoms with Crippen LogP contribution in [0.3, 0.4) is 0 Å². The van der Waals surface area contributed by atoms with Crippen molar-refractivity contribution in [2.45, 2.75) is 31.8 Å². The zero-order valence-electron chi connectivity index (χ0n) is 16.4. The van der Waals surface area contributed by atoms with Gasteiger partial charge in [-0.25, -0.2) is 8.42 Å². The van der Waals surface area contributed by atoms with Crippen molar-refractivity contribution < 1.29 is 21.9 Å². The SMILES string of the molecule is CCc1ccc(S(=O)(=O)Nc2ccc(C)cc2OC(F)F)cc1N1CCNCC1. The van der Waals surface area contributed by atoms with Crippen LogP contribution in [0.4, 0.5) is 20.2 Å². The first kappa shape index (κ1) is 21.3. The number of aryl methyl sites for hydroxylation is 2. The molecule has 0 radical (unpaired) electrons. The smallest absolute Gasteiger partial charge is 0.387 e. The van der Waals surface area contributed by atoms with Gasteiger partial charge in [-0.2, -0.15) is 8.78 Å². The number of hydrogen-bond acceptors (Lipinski definition) is 5.